The molecule has 15 heavy (non-hydrogen) atoms. The molecule has 1 saturated carbocycles. The average molecular weight is 208 g/mol. The van der Waals surface area contributed by atoms with Gasteiger partial charge in [-0.1, -0.05) is 0 Å². The number of hydrogen-bond acceptors (Lipinski definition) is 3. The molecular weight excluding hydrogens is 192 g/mol. The van der Waals surface area contributed by atoms with Crippen LogP contribution in [0.5, 0.6) is 0 Å². The molecule has 1 fully saturated rings. The van der Waals surface area contributed by atoms with Crippen LogP contribution in [-0.2, 0) is 17.9 Å². The summed E-state index contributed by atoms with van der Waals surface area (Å²) in [6.07, 6.45) is 6.15. The van der Waals surface area contributed by atoms with Gasteiger partial charge in [0.15, 0.2) is 0 Å². The van der Waals surface area contributed by atoms with Crippen molar-refractivity contribution in [1.82, 2.24) is 20.2 Å². The molecule has 1 aromatic rings. The van der Waals surface area contributed by atoms with Crippen LogP contribution in [-0.4, -0.2) is 28.5 Å². The topological polar surface area (TPSA) is 59.0 Å². The van der Waals surface area contributed by atoms with E-state index in [1.165, 1.54) is 12.8 Å². The maximum Gasteiger partial charge on any atom is 0.239 e. The summed E-state index contributed by atoms with van der Waals surface area (Å²) in [6, 6.07) is 0.689. The number of amides is 1. The summed E-state index contributed by atoms with van der Waals surface area (Å²) in [6.45, 7) is 1.14. The Hall–Kier alpha value is -1.36. The van der Waals surface area contributed by atoms with Crippen molar-refractivity contribution in [2.24, 2.45) is 0 Å². The smallest absolute Gasteiger partial charge is 0.239 e. The highest BCUT2D eigenvalue weighted by molar-refractivity contribution is 5.75. The predicted octanol–water partition coefficient (Wildman–Crippen LogP) is -0.119. The SMILES string of the molecule is CNC(=O)Cn1cnc(CNC2CC2)c1. The van der Waals surface area contributed by atoms with E-state index < -0.39 is 0 Å². The molecular formula is C10H16N4O. The summed E-state index contributed by atoms with van der Waals surface area (Å²) in [7, 11) is 1.63. The second-order valence-electron chi connectivity index (χ2n) is 3.87. The van der Waals surface area contributed by atoms with Crippen molar-refractivity contribution in [3.63, 3.8) is 0 Å². The maximum absolute atomic E-state index is 11.1. The number of nitrogens with one attached hydrogen (secondary N) is 2. The number of imidazole rings is 1. The van der Waals surface area contributed by atoms with Crippen LogP contribution in [0.3, 0.4) is 0 Å². The highest BCUT2D eigenvalue weighted by atomic mass is 16.1. The van der Waals surface area contributed by atoms with Crippen molar-refractivity contribution >= 4 is 5.91 Å². The Morgan fingerprint density at radius 1 is 1.67 bits per heavy atom. The quantitative estimate of drug-likeness (QED) is 0.709. The monoisotopic (exact) mass is 208 g/mol. The minimum absolute atomic E-state index is 0.00546. The fraction of sp³-hybridized carbons (Fsp3) is 0.600. The highest BCUT2D eigenvalue weighted by Gasteiger charge is 2.20. The van der Waals surface area contributed by atoms with Gasteiger partial charge in [0.05, 0.1) is 12.0 Å². The summed E-state index contributed by atoms with van der Waals surface area (Å²) in [5.74, 6) is -0.00546. The normalized spacial score (nSPS) is 15.3. The van der Waals surface area contributed by atoms with Crippen molar-refractivity contribution < 1.29 is 4.79 Å². The molecule has 1 amide bonds. The summed E-state index contributed by atoms with van der Waals surface area (Å²) in [5.41, 5.74) is 0.991. The van der Waals surface area contributed by atoms with Crippen LogP contribution < -0.4 is 10.6 Å². The number of likely N-dealkylation sites (N-methyl/N-ethyl adjacent to an activating group) is 1. The lowest BCUT2D eigenvalue weighted by atomic mass is 10.4. The first-order chi connectivity index (χ1) is 7.28. The number of carbonyl (C=O) groups excluding carboxylic acids is 1. The summed E-state index contributed by atoms with van der Waals surface area (Å²) >= 11 is 0. The Kier molecular flexibility index (Phi) is 3.01. The van der Waals surface area contributed by atoms with Gasteiger partial charge in [-0.05, 0) is 12.8 Å². The number of carbonyl (C=O) groups is 1. The lowest BCUT2D eigenvalue weighted by molar-refractivity contribution is -0.121. The van der Waals surface area contributed by atoms with Gasteiger partial charge in [0.25, 0.3) is 0 Å². The van der Waals surface area contributed by atoms with E-state index in [0.29, 0.717) is 12.6 Å². The summed E-state index contributed by atoms with van der Waals surface area (Å²) in [4.78, 5) is 15.3. The van der Waals surface area contributed by atoms with E-state index in [1.807, 2.05) is 6.20 Å². The van der Waals surface area contributed by atoms with Crippen LogP contribution in [0, 0.1) is 0 Å². The molecule has 1 aliphatic carbocycles. The van der Waals surface area contributed by atoms with Gasteiger partial charge in [-0.2, -0.15) is 0 Å². The zero-order valence-corrected chi connectivity index (χ0v) is 8.86. The second-order valence-corrected chi connectivity index (χ2v) is 3.87. The van der Waals surface area contributed by atoms with E-state index in [9.17, 15) is 4.79 Å². The van der Waals surface area contributed by atoms with Crippen molar-refractivity contribution in [3.05, 3.63) is 18.2 Å². The van der Waals surface area contributed by atoms with E-state index in [-0.39, 0.29) is 5.91 Å². The van der Waals surface area contributed by atoms with Crippen LogP contribution in [0.2, 0.25) is 0 Å². The zero-order valence-electron chi connectivity index (χ0n) is 8.86. The minimum atomic E-state index is -0.00546. The number of rotatable bonds is 5. The molecule has 1 heterocycles. The van der Waals surface area contributed by atoms with Gasteiger partial charge in [-0.15, -0.1) is 0 Å². The number of aromatic nitrogens is 2. The standard InChI is InChI=1S/C10H16N4O/c1-11-10(15)6-14-5-9(13-7-14)4-12-8-2-3-8/h5,7-8,12H,2-4,6H2,1H3,(H,11,15). The van der Waals surface area contributed by atoms with Crippen LogP contribution in [0.25, 0.3) is 0 Å². The lowest BCUT2D eigenvalue weighted by Gasteiger charge is -2.00. The Labute approximate surface area is 88.9 Å². The van der Waals surface area contributed by atoms with E-state index in [1.54, 1.807) is 17.9 Å². The first-order valence-electron chi connectivity index (χ1n) is 5.22. The van der Waals surface area contributed by atoms with Crippen molar-refractivity contribution in [2.45, 2.75) is 32.0 Å². The van der Waals surface area contributed by atoms with Crippen molar-refractivity contribution in [3.8, 4) is 0 Å². The average Bonchev–Trinajstić information content (AvgIpc) is 2.97. The van der Waals surface area contributed by atoms with Gasteiger partial charge in [0, 0.05) is 25.8 Å². The Balaban J connectivity index is 1.82. The molecule has 2 rings (SSSR count). The molecule has 1 aromatic heterocycles. The molecule has 0 aliphatic heterocycles. The third-order valence-corrected chi connectivity index (χ3v) is 2.44. The van der Waals surface area contributed by atoms with Gasteiger partial charge in [0.2, 0.25) is 5.91 Å². The zero-order chi connectivity index (χ0) is 10.7. The third kappa shape index (κ3) is 3.06. The van der Waals surface area contributed by atoms with Crippen molar-refractivity contribution in [1.29, 1.82) is 0 Å². The van der Waals surface area contributed by atoms with E-state index in [4.69, 9.17) is 0 Å². The lowest BCUT2D eigenvalue weighted by Crippen LogP contribution is -2.22. The molecule has 2 N–H and O–H groups in total. The minimum Gasteiger partial charge on any atom is -0.358 e. The first kappa shape index (κ1) is 10.2. The molecule has 0 spiro atoms. The molecule has 0 bridgehead atoms. The third-order valence-electron chi connectivity index (χ3n) is 2.44. The molecule has 5 heteroatoms. The molecule has 0 unspecified atom stereocenters. The van der Waals surface area contributed by atoms with E-state index in [0.717, 1.165) is 12.2 Å². The second kappa shape index (κ2) is 4.44. The van der Waals surface area contributed by atoms with Crippen LogP contribution in [0.15, 0.2) is 12.5 Å². The summed E-state index contributed by atoms with van der Waals surface area (Å²) < 4.78 is 1.79. The van der Waals surface area contributed by atoms with Gasteiger partial charge in [0.1, 0.15) is 6.54 Å². The van der Waals surface area contributed by atoms with Gasteiger partial charge >= 0.3 is 0 Å². The molecule has 0 radical (unpaired) electrons. The molecule has 82 valence electrons. The predicted molar refractivity (Wildman–Crippen MR) is 56.2 cm³/mol. The maximum atomic E-state index is 11.1. The first-order valence-corrected chi connectivity index (χ1v) is 5.22. The van der Waals surface area contributed by atoms with Crippen molar-refractivity contribution in [2.75, 3.05) is 7.05 Å². The van der Waals surface area contributed by atoms with E-state index >= 15 is 0 Å². The Morgan fingerprint density at radius 2 is 2.47 bits per heavy atom. The molecule has 0 saturated heterocycles. The van der Waals surface area contributed by atoms with Crippen LogP contribution in [0.4, 0.5) is 0 Å². The van der Waals surface area contributed by atoms with Gasteiger partial charge in [-0.25, -0.2) is 4.98 Å². The van der Waals surface area contributed by atoms with E-state index in [2.05, 4.69) is 15.6 Å². The van der Waals surface area contributed by atoms with Crippen LogP contribution in [0.1, 0.15) is 18.5 Å². The Morgan fingerprint density at radius 3 is 3.13 bits per heavy atom. The molecule has 0 aromatic carbocycles. The molecule has 1 aliphatic rings. The molecule has 0 atom stereocenters. The van der Waals surface area contributed by atoms with Gasteiger partial charge in [-0.3, -0.25) is 4.79 Å². The number of hydrogen-bond donors (Lipinski definition) is 2. The fourth-order valence-electron chi connectivity index (χ4n) is 1.37. The Bertz CT molecular complexity index is 343. The number of nitrogens with zero attached hydrogens (tertiary/aromatic N) is 2. The van der Waals surface area contributed by atoms with Gasteiger partial charge < -0.3 is 15.2 Å². The largest absolute Gasteiger partial charge is 0.358 e. The highest BCUT2D eigenvalue weighted by Crippen LogP contribution is 2.18. The summed E-state index contributed by atoms with van der Waals surface area (Å²) in [5, 5.41) is 5.96. The fourth-order valence-corrected chi connectivity index (χ4v) is 1.37. The van der Waals surface area contributed by atoms with Crippen LogP contribution >= 0.6 is 0 Å². The molecule has 5 nitrogen and oxygen atoms in total.